The summed E-state index contributed by atoms with van der Waals surface area (Å²) in [6, 6.07) is 29.3. The zero-order valence-electron chi connectivity index (χ0n) is 29.7. The quantitative estimate of drug-likeness (QED) is 0.156. The monoisotopic (exact) mass is 733 g/mol. The fraction of sp³-hybridized carbons (Fsp3) is 0.375. The van der Waals surface area contributed by atoms with E-state index >= 15 is 0 Å². The van der Waals surface area contributed by atoms with Crippen LogP contribution in [-0.2, 0) is 43.5 Å². The fourth-order valence-electron chi connectivity index (χ4n) is 7.04. The molecule has 0 spiro atoms. The standard InChI is InChI=1S/C20H21N5O2.C19H22N4O3.CH4/c1-2-15-10-18(26-11-14-6-4-3-5-7-14)20(12-21,27-15)17-9-8-16-19(22)23-13-24-25(16)17;1-2-14-10-17(25-11-13-6-4-3-5-7-13)19(24,26-14)16-9-8-15-18(20)21-12-22-23(15)16;/h3-9,13,15,18H,2,10-11H2,1H3,(H2,22,23,24);3-9,12,14,17,24H,2,10-11H2,1H3,(H2,20,21,22);1H4/t15-,18-,20?;14-,17-,19?;/m11./s1. The maximum atomic E-state index is 11.4. The van der Waals surface area contributed by atoms with Crippen LogP contribution < -0.4 is 11.5 Å². The molecule has 54 heavy (non-hydrogen) atoms. The summed E-state index contributed by atoms with van der Waals surface area (Å²) in [5.74, 6) is -0.888. The molecule has 2 aliphatic heterocycles. The number of nitrogens with two attached hydrogens (primary N) is 2. The molecule has 0 amide bonds. The highest BCUT2D eigenvalue weighted by Crippen LogP contribution is 2.43. The number of rotatable bonds is 10. The van der Waals surface area contributed by atoms with Gasteiger partial charge in [-0.15, -0.1) is 0 Å². The zero-order valence-corrected chi connectivity index (χ0v) is 29.7. The Morgan fingerprint density at radius 2 is 1.22 bits per heavy atom. The van der Waals surface area contributed by atoms with Crippen LogP contribution in [0.4, 0.5) is 11.6 Å². The zero-order chi connectivity index (χ0) is 37.0. The number of hydrogen-bond donors (Lipinski definition) is 3. The summed E-state index contributed by atoms with van der Waals surface area (Å²) in [4.78, 5) is 8.00. The number of nitrogen functional groups attached to an aromatic ring is 2. The van der Waals surface area contributed by atoms with Crippen molar-refractivity contribution in [3.8, 4) is 6.07 Å². The van der Waals surface area contributed by atoms with Crippen molar-refractivity contribution >= 4 is 22.7 Å². The minimum absolute atomic E-state index is 0. The number of fused-ring (bicyclic) bond motifs is 2. The highest BCUT2D eigenvalue weighted by molar-refractivity contribution is 5.66. The summed E-state index contributed by atoms with van der Waals surface area (Å²) in [6.45, 7) is 4.88. The molecule has 6 atom stereocenters. The number of nitrogens with zero attached hydrogens (tertiary/aromatic N) is 7. The van der Waals surface area contributed by atoms with Crippen LogP contribution >= 0.6 is 0 Å². The molecule has 14 heteroatoms. The largest absolute Gasteiger partial charge is 0.382 e. The summed E-state index contributed by atoms with van der Waals surface area (Å²) in [5, 5.41) is 30.1. The molecule has 6 aromatic rings. The van der Waals surface area contributed by atoms with Gasteiger partial charge in [-0.25, -0.2) is 19.0 Å². The van der Waals surface area contributed by atoms with Gasteiger partial charge in [0.15, 0.2) is 11.6 Å². The van der Waals surface area contributed by atoms with E-state index in [1.54, 1.807) is 27.2 Å². The molecule has 2 unspecified atom stereocenters. The van der Waals surface area contributed by atoms with Gasteiger partial charge in [-0.2, -0.15) is 15.5 Å². The molecule has 6 heterocycles. The second-order valence-electron chi connectivity index (χ2n) is 13.2. The van der Waals surface area contributed by atoms with Crippen LogP contribution in [0.2, 0.25) is 0 Å². The van der Waals surface area contributed by atoms with E-state index in [1.807, 2.05) is 80.6 Å². The lowest BCUT2D eigenvalue weighted by molar-refractivity contribution is -0.250. The number of anilines is 2. The molecule has 2 aliphatic rings. The first-order valence-electron chi connectivity index (χ1n) is 17.8. The summed E-state index contributed by atoms with van der Waals surface area (Å²) in [6.07, 6.45) is 4.50. The van der Waals surface area contributed by atoms with Crippen LogP contribution in [0.25, 0.3) is 11.0 Å². The van der Waals surface area contributed by atoms with Crippen molar-refractivity contribution in [3.63, 3.8) is 0 Å². The topological polar surface area (TPSA) is 193 Å². The van der Waals surface area contributed by atoms with Crippen molar-refractivity contribution in [1.29, 1.82) is 5.26 Å². The first kappa shape index (κ1) is 38.3. The van der Waals surface area contributed by atoms with E-state index in [0.717, 1.165) is 24.0 Å². The predicted octanol–water partition coefficient (Wildman–Crippen LogP) is 5.69. The average molecular weight is 734 g/mol. The van der Waals surface area contributed by atoms with Gasteiger partial charge in [0.05, 0.1) is 31.1 Å². The second kappa shape index (κ2) is 16.3. The molecular weight excluding hydrogens is 686 g/mol. The van der Waals surface area contributed by atoms with Crippen molar-refractivity contribution in [3.05, 3.63) is 120 Å². The van der Waals surface area contributed by atoms with E-state index < -0.39 is 23.6 Å². The molecule has 0 aliphatic carbocycles. The number of aromatic nitrogens is 6. The number of ether oxygens (including phenoxy) is 4. The van der Waals surface area contributed by atoms with Crippen molar-refractivity contribution in [2.45, 2.75) is 96.0 Å². The molecule has 2 fully saturated rings. The van der Waals surface area contributed by atoms with Crippen LogP contribution in [0, 0.1) is 11.3 Å². The molecule has 5 N–H and O–H groups in total. The maximum Gasteiger partial charge on any atom is 0.237 e. The van der Waals surface area contributed by atoms with Crippen molar-refractivity contribution in [2.75, 3.05) is 11.5 Å². The minimum atomic E-state index is -1.59. The lowest BCUT2D eigenvalue weighted by Crippen LogP contribution is -2.39. The van der Waals surface area contributed by atoms with E-state index in [2.05, 4.69) is 26.2 Å². The lowest BCUT2D eigenvalue weighted by atomic mass is 9.93. The number of hydrogen-bond acceptors (Lipinski definition) is 12. The fourth-order valence-corrected chi connectivity index (χ4v) is 7.04. The summed E-state index contributed by atoms with van der Waals surface area (Å²) >= 11 is 0. The predicted molar refractivity (Wildman–Crippen MR) is 202 cm³/mol. The Bertz CT molecular complexity index is 2190. The minimum Gasteiger partial charge on any atom is -0.382 e. The summed E-state index contributed by atoms with van der Waals surface area (Å²) in [7, 11) is 0. The number of benzene rings is 2. The third kappa shape index (κ3) is 7.24. The van der Waals surface area contributed by atoms with Gasteiger partial charge in [0, 0.05) is 12.8 Å². The molecule has 282 valence electrons. The first-order chi connectivity index (χ1) is 25.8. The third-order valence-electron chi connectivity index (χ3n) is 9.92. The van der Waals surface area contributed by atoms with Crippen molar-refractivity contribution < 1.29 is 24.1 Å². The molecule has 0 bridgehead atoms. The molecule has 8 rings (SSSR count). The Morgan fingerprint density at radius 3 is 1.76 bits per heavy atom. The molecular formula is C40H47N9O5. The van der Waals surface area contributed by atoms with E-state index in [9.17, 15) is 10.4 Å². The Hall–Kier alpha value is -5.43. The van der Waals surface area contributed by atoms with Gasteiger partial charge in [0.1, 0.15) is 47.7 Å². The van der Waals surface area contributed by atoms with Gasteiger partial charge in [-0.3, -0.25) is 0 Å². The Morgan fingerprint density at radius 1 is 0.741 bits per heavy atom. The van der Waals surface area contributed by atoms with E-state index in [1.165, 1.54) is 12.7 Å². The number of nitriles is 1. The van der Waals surface area contributed by atoms with E-state index in [-0.39, 0.29) is 19.6 Å². The van der Waals surface area contributed by atoms with Gasteiger partial charge in [-0.05, 0) is 48.2 Å². The van der Waals surface area contributed by atoms with E-state index in [0.29, 0.717) is 60.1 Å². The maximum absolute atomic E-state index is 11.4. The van der Waals surface area contributed by atoms with Gasteiger partial charge in [-0.1, -0.05) is 81.9 Å². The Labute approximate surface area is 314 Å². The molecule has 0 saturated carbocycles. The van der Waals surface area contributed by atoms with Crippen molar-refractivity contribution in [2.24, 2.45) is 0 Å². The third-order valence-corrected chi connectivity index (χ3v) is 9.92. The van der Waals surface area contributed by atoms with Gasteiger partial charge in [0.2, 0.25) is 11.4 Å². The smallest absolute Gasteiger partial charge is 0.237 e. The van der Waals surface area contributed by atoms with Crippen molar-refractivity contribution in [1.82, 2.24) is 29.2 Å². The molecule has 0 radical (unpaired) electrons. The summed E-state index contributed by atoms with van der Waals surface area (Å²) < 4.78 is 27.7. The normalized spacial score (nSPS) is 24.9. The van der Waals surface area contributed by atoms with E-state index in [4.69, 9.17) is 30.4 Å². The van der Waals surface area contributed by atoms with Gasteiger partial charge in [0.25, 0.3) is 0 Å². The SMILES string of the molecule is C.CC[C@@H]1C[C@@H](OCc2ccccc2)C(C#N)(c2ccc3c(N)ncnn23)O1.CC[C@@H]1C[C@@H](OCc2ccccc2)C(O)(c2ccc3c(N)ncnn23)O1. The summed E-state index contributed by atoms with van der Waals surface area (Å²) in [5.41, 5.74) is 15.1. The molecule has 14 nitrogen and oxygen atoms in total. The highest BCUT2D eigenvalue weighted by Gasteiger charge is 2.53. The Balaban J connectivity index is 0.000000181. The van der Waals surface area contributed by atoms with Crippen LogP contribution in [0.5, 0.6) is 0 Å². The molecule has 2 aromatic carbocycles. The van der Waals surface area contributed by atoms with Crippen LogP contribution in [0.3, 0.4) is 0 Å². The molecule has 2 saturated heterocycles. The Kier molecular flexibility index (Phi) is 11.6. The molecule has 4 aromatic heterocycles. The van der Waals surface area contributed by atoms with Crippen LogP contribution in [0.1, 0.15) is 69.5 Å². The number of aliphatic hydroxyl groups is 1. The van der Waals surface area contributed by atoms with Crippen LogP contribution in [-0.4, -0.2) is 58.7 Å². The van der Waals surface area contributed by atoms with Crippen LogP contribution in [0.15, 0.2) is 97.6 Å². The van der Waals surface area contributed by atoms with Gasteiger partial charge >= 0.3 is 0 Å². The lowest BCUT2D eigenvalue weighted by Gasteiger charge is -2.28. The first-order valence-corrected chi connectivity index (χ1v) is 17.8. The van der Waals surface area contributed by atoms with Gasteiger partial charge < -0.3 is 35.5 Å². The highest BCUT2D eigenvalue weighted by atomic mass is 16.7. The second-order valence-corrected chi connectivity index (χ2v) is 13.2. The average Bonchev–Trinajstić information content (AvgIpc) is 3.98.